The Hall–Kier alpha value is -1.86. The summed E-state index contributed by atoms with van der Waals surface area (Å²) in [6.07, 6.45) is -6.14. The topological polar surface area (TPSA) is 45.3 Å². The average molecular weight is 312 g/mol. The molecule has 1 aromatic heterocycles. The van der Waals surface area contributed by atoms with E-state index in [4.69, 9.17) is 4.74 Å². The van der Waals surface area contributed by atoms with Crippen molar-refractivity contribution in [3.05, 3.63) is 46.2 Å². The minimum absolute atomic E-state index is 0.0298. The summed E-state index contributed by atoms with van der Waals surface area (Å²) in [6, 6.07) is 8.51. The molecule has 3 rings (SSSR count). The van der Waals surface area contributed by atoms with E-state index in [1.807, 2.05) is 0 Å². The summed E-state index contributed by atoms with van der Waals surface area (Å²) in [5.41, 5.74) is 1.15. The van der Waals surface area contributed by atoms with Crippen LogP contribution in [0, 0.1) is 0 Å². The predicted octanol–water partition coefficient (Wildman–Crippen LogP) is 2.29. The molecule has 1 atom stereocenters. The second kappa shape index (κ2) is 5.73. The van der Waals surface area contributed by atoms with Crippen LogP contribution in [-0.4, -0.2) is 41.9 Å². The van der Waals surface area contributed by atoms with Crippen LogP contribution in [0.25, 0.3) is 10.9 Å². The molecule has 1 fully saturated rings. The van der Waals surface area contributed by atoms with Gasteiger partial charge in [0.15, 0.2) is 11.5 Å². The van der Waals surface area contributed by atoms with E-state index >= 15 is 0 Å². The summed E-state index contributed by atoms with van der Waals surface area (Å²) in [6.45, 7) is 0.470. The van der Waals surface area contributed by atoms with Gasteiger partial charge in [-0.2, -0.15) is 13.2 Å². The number of pyridine rings is 1. The van der Waals surface area contributed by atoms with Crippen LogP contribution in [0.3, 0.4) is 0 Å². The van der Waals surface area contributed by atoms with Crippen LogP contribution in [0.2, 0.25) is 0 Å². The number of nitrogens with zero attached hydrogens (tertiary/aromatic N) is 1. The maximum absolute atomic E-state index is 12.7. The van der Waals surface area contributed by atoms with Crippen LogP contribution in [-0.2, 0) is 11.3 Å². The maximum atomic E-state index is 12.7. The number of rotatable bonds is 2. The van der Waals surface area contributed by atoms with Gasteiger partial charge in [-0.15, -0.1) is 0 Å². The van der Waals surface area contributed by atoms with E-state index in [-0.39, 0.29) is 25.1 Å². The van der Waals surface area contributed by atoms with Crippen LogP contribution >= 0.6 is 0 Å². The number of hydrogen-bond donors (Lipinski definition) is 1. The Labute approximate surface area is 124 Å². The van der Waals surface area contributed by atoms with E-state index in [2.05, 4.69) is 4.98 Å². The van der Waals surface area contributed by atoms with Gasteiger partial charge in [0.2, 0.25) is 0 Å². The van der Waals surface area contributed by atoms with Crippen molar-refractivity contribution in [3.8, 4) is 0 Å². The van der Waals surface area contributed by atoms with Crippen molar-refractivity contribution >= 4 is 10.9 Å². The Morgan fingerprint density at radius 1 is 1.32 bits per heavy atom. The number of halogens is 3. The van der Waals surface area contributed by atoms with Crippen molar-refractivity contribution in [2.75, 3.05) is 19.7 Å². The van der Waals surface area contributed by atoms with Crippen LogP contribution in [0.1, 0.15) is 5.69 Å². The number of nitrogens with one attached hydrogen (secondary N) is 1. The quantitative estimate of drug-likeness (QED) is 0.925. The summed E-state index contributed by atoms with van der Waals surface area (Å²) < 4.78 is 42.9. The van der Waals surface area contributed by atoms with E-state index < -0.39 is 12.3 Å². The van der Waals surface area contributed by atoms with Gasteiger partial charge >= 0.3 is 6.18 Å². The van der Waals surface area contributed by atoms with E-state index in [1.54, 1.807) is 29.2 Å². The molecule has 1 aliphatic heterocycles. The number of H-pyrrole nitrogens is 1. The molecule has 0 aliphatic carbocycles. The second-order valence-corrected chi connectivity index (χ2v) is 5.34. The second-order valence-electron chi connectivity index (χ2n) is 5.34. The van der Waals surface area contributed by atoms with Gasteiger partial charge in [0.25, 0.3) is 0 Å². The molecule has 0 radical (unpaired) electrons. The largest absolute Gasteiger partial charge is 0.415 e. The van der Waals surface area contributed by atoms with E-state index in [0.29, 0.717) is 23.1 Å². The fourth-order valence-corrected chi connectivity index (χ4v) is 2.62. The van der Waals surface area contributed by atoms with Crippen molar-refractivity contribution in [2.24, 2.45) is 0 Å². The number of fused-ring (bicyclic) bond motifs is 1. The molecule has 0 bridgehead atoms. The van der Waals surface area contributed by atoms with Crippen molar-refractivity contribution in [3.63, 3.8) is 0 Å². The summed E-state index contributed by atoms with van der Waals surface area (Å²) in [5.74, 6) is 0. The zero-order valence-corrected chi connectivity index (χ0v) is 11.7. The molecule has 0 unspecified atom stereocenters. The summed E-state index contributed by atoms with van der Waals surface area (Å²) in [7, 11) is 0. The van der Waals surface area contributed by atoms with Gasteiger partial charge in [0, 0.05) is 42.3 Å². The van der Waals surface area contributed by atoms with Crippen LogP contribution in [0.15, 0.2) is 35.1 Å². The van der Waals surface area contributed by atoms with Crippen LogP contribution in [0.5, 0.6) is 0 Å². The summed E-state index contributed by atoms with van der Waals surface area (Å²) in [5, 5.41) is 0.571. The number of benzene rings is 1. The Kier molecular flexibility index (Phi) is 3.92. The fourth-order valence-electron chi connectivity index (χ4n) is 2.62. The third-order valence-electron chi connectivity index (χ3n) is 3.70. The molecule has 22 heavy (non-hydrogen) atoms. The molecule has 2 aromatic rings. The molecule has 4 nitrogen and oxygen atoms in total. The average Bonchev–Trinajstić information content (AvgIpc) is 2.47. The maximum Gasteiger partial charge on any atom is 0.415 e. The first-order valence-electron chi connectivity index (χ1n) is 6.95. The molecule has 1 N–H and O–H groups in total. The highest BCUT2D eigenvalue weighted by atomic mass is 19.4. The fraction of sp³-hybridized carbons (Fsp3) is 0.400. The zero-order valence-electron chi connectivity index (χ0n) is 11.7. The van der Waals surface area contributed by atoms with Gasteiger partial charge in [-0.3, -0.25) is 9.69 Å². The molecule has 118 valence electrons. The van der Waals surface area contributed by atoms with Crippen molar-refractivity contribution in [1.29, 1.82) is 0 Å². The number of alkyl halides is 3. The summed E-state index contributed by atoms with van der Waals surface area (Å²) in [4.78, 5) is 16.8. The van der Waals surface area contributed by atoms with E-state index in [1.165, 1.54) is 6.07 Å². The van der Waals surface area contributed by atoms with Gasteiger partial charge in [-0.05, 0) is 12.1 Å². The SMILES string of the molecule is O=c1cc(CN2CCO[C@H](C(F)(F)F)C2)[nH]c2ccccc12. The molecular formula is C15H15F3N2O2. The molecule has 7 heteroatoms. The third-order valence-corrected chi connectivity index (χ3v) is 3.70. The van der Waals surface area contributed by atoms with Gasteiger partial charge in [0.1, 0.15) is 0 Å². The van der Waals surface area contributed by atoms with Gasteiger partial charge < -0.3 is 9.72 Å². The highest BCUT2D eigenvalue weighted by molar-refractivity contribution is 5.78. The highest BCUT2D eigenvalue weighted by Gasteiger charge is 2.43. The molecular weight excluding hydrogens is 297 g/mol. The Morgan fingerprint density at radius 2 is 2.09 bits per heavy atom. The van der Waals surface area contributed by atoms with E-state index in [0.717, 1.165) is 0 Å². The molecule has 0 amide bonds. The lowest BCUT2D eigenvalue weighted by Crippen LogP contribution is -2.48. The molecule has 0 spiro atoms. The number of aromatic amines is 1. The monoisotopic (exact) mass is 312 g/mol. The smallest absolute Gasteiger partial charge is 0.366 e. The van der Waals surface area contributed by atoms with E-state index in [9.17, 15) is 18.0 Å². The zero-order chi connectivity index (χ0) is 15.7. The van der Waals surface area contributed by atoms with Gasteiger partial charge in [-0.25, -0.2) is 0 Å². The predicted molar refractivity (Wildman–Crippen MR) is 75.6 cm³/mol. The molecule has 2 heterocycles. The number of morpholine rings is 1. The standard InChI is InChI=1S/C15H15F3N2O2/c16-15(17,18)14-9-20(5-6-22-14)8-10-7-13(21)11-3-1-2-4-12(11)19-10/h1-4,7,14H,5-6,8-9H2,(H,19,21)/t14-/m0/s1. The normalized spacial score (nSPS) is 20.4. The number of hydrogen-bond acceptors (Lipinski definition) is 3. The first-order chi connectivity index (χ1) is 10.4. The third kappa shape index (κ3) is 3.15. The van der Waals surface area contributed by atoms with Gasteiger partial charge in [-0.1, -0.05) is 12.1 Å². The van der Waals surface area contributed by atoms with Crippen molar-refractivity contribution in [1.82, 2.24) is 9.88 Å². The minimum Gasteiger partial charge on any atom is -0.366 e. The molecule has 1 aliphatic rings. The van der Waals surface area contributed by atoms with Crippen LogP contribution in [0.4, 0.5) is 13.2 Å². The lowest BCUT2D eigenvalue weighted by Gasteiger charge is -2.33. The Balaban J connectivity index is 1.80. The van der Waals surface area contributed by atoms with Crippen molar-refractivity contribution < 1.29 is 17.9 Å². The molecule has 0 saturated carbocycles. The van der Waals surface area contributed by atoms with Crippen LogP contribution < -0.4 is 5.43 Å². The molecule has 1 aromatic carbocycles. The Morgan fingerprint density at radius 3 is 2.86 bits per heavy atom. The minimum atomic E-state index is -4.37. The lowest BCUT2D eigenvalue weighted by molar-refractivity contribution is -0.237. The number of aromatic nitrogens is 1. The number of ether oxygens (including phenoxy) is 1. The first-order valence-corrected chi connectivity index (χ1v) is 6.95. The van der Waals surface area contributed by atoms with Gasteiger partial charge in [0.05, 0.1) is 6.61 Å². The Bertz CT molecular complexity index is 727. The lowest BCUT2D eigenvalue weighted by atomic mass is 10.2. The van der Waals surface area contributed by atoms with Crippen molar-refractivity contribution in [2.45, 2.75) is 18.8 Å². The summed E-state index contributed by atoms with van der Waals surface area (Å²) >= 11 is 0. The first kappa shape index (κ1) is 15.1. The highest BCUT2D eigenvalue weighted by Crippen LogP contribution is 2.26. The molecule has 1 saturated heterocycles. The number of para-hydroxylation sites is 1.